The average molecular weight is 397 g/mol. The molecule has 27 heavy (non-hydrogen) atoms. The molecule has 2 aromatic carbocycles. The number of imidazole rings is 2. The fourth-order valence-corrected chi connectivity index (χ4v) is 3.86. The van der Waals surface area contributed by atoms with Gasteiger partial charge in [0, 0.05) is 0 Å². The number of hydrogen-bond donors (Lipinski definition) is 3. The van der Waals surface area contributed by atoms with Crippen molar-refractivity contribution in [1.82, 2.24) is 25.3 Å². The van der Waals surface area contributed by atoms with Crippen LogP contribution in [0.5, 0.6) is 0 Å². The van der Waals surface area contributed by atoms with E-state index in [0.29, 0.717) is 10.3 Å². The second-order valence-corrected chi connectivity index (χ2v) is 7.60. The van der Waals surface area contributed by atoms with Crippen molar-refractivity contribution in [2.75, 3.05) is 11.5 Å². The third-order valence-corrected chi connectivity index (χ3v) is 5.44. The molecular weight excluding hydrogens is 382 g/mol. The summed E-state index contributed by atoms with van der Waals surface area (Å²) in [5.74, 6) is -0.479. The number of rotatable bonds is 6. The Bertz CT molecular complexity index is 967. The SMILES string of the molecule is O=C(CSc1nc2ccccc2[nH]1)NC(=O)CSc1nc2ccccc2[nH]1. The van der Waals surface area contributed by atoms with E-state index in [1.54, 1.807) is 0 Å². The van der Waals surface area contributed by atoms with Crippen molar-refractivity contribution in [3.63, 3.8) is 0 Å². The number of aromatic amines is 2. The molecule has 0 aliphatic carbocycles. The number of carbonyl (C=O) groups excluding carboxylic acids is 2. The first-order valence-electron chi connectivity index (χ1n) is 8.15. The van der Waals surface area contributed by atoms with E-state index in [4.69, 9.17) is 0 Å². The molecule has 3 N–H and O–H groups in total. The second kappa shape index (κ2) is 7.85. The monoisotopic (exact) mass is 397 g/mol. The minimum absolute atomic E-state index is 0.112. The van der Waals surface area contributed by atoms with E-state index in [1.807, 2.05) is 48.5 Å². The Kier molecular flexibility index (Phi) is 5.12. The van der Waals surface area contributed by atoms with Gasteiger partial charge in [0.2, 0.25) is 11.8 Å². The first-order chi connectivity index (χ1) is 13.2. The zero-order valence-corrected chi connectivity index (χ0v) is 15.7. The summed E-state index contributed by atoms with van der Waals surface area (Å²) in [4.78, 5) is 39.0. The number of aromatic nitrogens is 4. The van der Waals surface area contributed by atoms with Crippen LogP contribution in [-0.2, 0) is 9.59 Å². The molecule has 0 atom stereocenters. The van der Waals surface area contributed by atoms with Gasteiger partial charge in [-0.2, -0.15) is 0 Å². The first kappa shape index (κ1) is 17.6. The molecule has 7 nitrogen and oxygen atoms in total. The summed E-state index contributed by atoms with van der Waals surface area (Å²) in [5.41, 5.74) is 3.52. The molecule has 2 amide bonds. The maximum atomic E-state index is 12.0. The van der Waals surface area contributed by atoms with E-state index in [1.165, 1.54) is 23.5 Å². The number of hydrogen-bond acceptors (Lipinski definition) is 6. The van der Waals surface area contributed by atoms with Crippen LogP contribution in [0.3, 0.4) is 0 Å². The molecule has 2 heterocycles. The van der Waals surface area contributed by atoms with Crippen LogP contribution in [0.4, 0.5) is 0 Å². The van der Waals surface area contributed by atoms with Crippen LogP contribution in [0.25, 0.3) is 22.1 Å². The van der Waals surface area contributed by atoms with E-state index in [0.717, 1.165) is 22.1 Å². The number of imide groups is 1. The van der Waals surface area contributed by atoms with Crippen molar-refractivity contribution < 1.29 is 9.59 Å². The van der Waals surface area contributed by atoms with E-state index in [-0.39, 0.29) is 23.3 Å². The third-order valence-electron chi connectivity index (χ3n) is 3.69. The van der Waals surface area contributed by atoms with Gasteiger partial charge in [-0.05, 0) is 24.3 Å². The van der Waals surface area contributed by atoms with Crippen molar-refractivity contribution in [2.45, 2.75) is 10.3 Å². The standard InChI is InChI=1S/C18H15N5O2S2/c24-15(9-26-17-19-11-5-1-2-6-12(11)20-17)23-16(25)10-27-18-21-13-7-3-4-8-14(13)22-18/h1-8H,9-10H2,(H,19,20)(H,21,22)(H,23,24,25). The summed E-state index contributed by atoms with van der Waals surface area (Å²) in [6.07, 6.45) is 0. The molecule has 0 saturated heterocycles. The highest BCUT2D eigenvalue weighted by Gasteiger charge is 2.12. The predicted octanol–water partition coefficient (Wildman–Crippen LogP) is 2.97. The van der Waals surface area contributed by atoms with E-state index in [2.05, 4.69) is 25.3 Å². The third kappa shape index (κ3) is 4.32. The Morgan fingerprint density at radius 3 is 1.67 bits per heavy atom. The molecule has 136 valence electrons. The minimum atomic E-state index is -0.351. The van der Waals surface area contributed by atoms with Gasteiger partial charge in [-0.1, -0.05) is 47.8 Å². The predicted molar refractivity (Wildman–Crippen MR) is 107 cm³/mol. The van der Waals surface area contributed by atoms with Gasteiger partial charge in [-0.3, -0.25) is 14.9 Å². The summed E-state index contributed by atoms with van der Waals surface area (Å²) in [6, 6.07) is 15.3. The highest BCUT2D eigenvalue weighted by molar-refractivity contribution is 8.00. The fourth-order valence-electron chi connectivity index (χ4n) is 2.49. The largest absolute Gasteiger partial charge is 0.333 e. The molecule has 0 aliphatic heterocycles. The summed E-state index contributed by atoms with van der Waals surface area (Å²) >= 11 is 2.51. The zero-order valence-electron chi connectivity index (χ0n) is 14.1. The second-order valence-electron chi connectivity index (χ2n) is 5.67. The molecule has 0 fully saturated rings. The highest BCUT2D eigenvalue weighted by Crippen LogP contribution is 2.20. The van der Waals surface area contributed by atoms with Gasteiger partial charge in [-0.25, -0.2) is 9.97 Å². The summed E-state index contributed by atoms with van der Waals surface area (Å²) in [6.45, 7) is 0. The van der Waals surface area contributed by atoms with Gasteiger partial charge in [0.05, 0.1) is 33.6 Å². The first-order valence-corrected chi connectivity index (χ1v) is 10.1. The number of carbonyl (C=O) groups is 2. The molecule has 4 rings (SSSR count). The van der Waals surface area contributed by atoms with Crippen molar-refractivity contribution in [3.8, 4) is 0 Å². The molecular formula is C18H15N5O2S2. The molecule has 0 aliphatic rings. The number of para-hydroxylation sites is 4. The van der Waals surface area contributed by atoms with Crippen LogP contribution in [0, 0.1) is 0 Å². The van der Waals surface area contributed by atoms with E-state index in [9.17, 15) is 9.59 Å². The fraction of sp³-hybridized carbons (Fsp3) is 0.111. The Labute approximate surface area is 162 Å². The van der Waals surface area contributed by atoms with Gasteiger partial charge in [0.1, 0.15) is 0 Å². The molecule has 4 aromatic rings. The topological polar surface area (TPSA) is 104 Å². The van der Waals surface area contributed by atoms with Crippen molar-refractivity contribution in [2.24, 2.45) is 0 Å². The molecule has 0 bridgehead atoms. The molecule has 0 unspecified atom stereocenters. The number of nitrogens with one attached hydrogen (secondary N) is 3. The zero-order chi connectivity index (χ0) is 18.6. The van der Waals surface area contributed by atoms with Crippen LogP contribution in [0.15, 0.2) is 58.8 Å². The van der Waals surface area contributed by atoms with Gasteiger partial charge in [0.25, 0.3) is 0 Å². The molecule has 0 spiro atoms. The van der Waals surface area contributed by atoms with Crippen molar-refractivity contribution >= 4 is 57.4 Å². The van der Waals surface area contributed by atoms with Crippen molar-refractivity contribution in [1.29, 1.82) is 0 Å². The van der Waals surface area contributed by atoms with Gasteiger partial charge >= 0.3 is 0 Å². The molecule has 9 heteroatoms. The maximum absolute atomic E-state index is 12.0. The number of amides is 2. The molecule has 0 saturated carbocycles. The lowest BCUT2D eigenvalue weighted by Crippen LogP contribution is -2.33. The average Bonchev–Trinajstić information content (AvgIpc) is 3.27. The van der Waals surface area contributed by atoms with Crippen LogP contribution in [-0.4, -0.2) is 43.3 Å². The molecule has 0 radical (unpaired) electrons. The number of nitrogens with zero attached hydrogens (tertiary/aromatic N) is 2. The number of fused-ring (bicyclic) bond motifs is 2. The van der Waals surface area contributed by atoms with Gasteiger partial charge in [-0.15, -0.1) is 0 Å². The Hall–Kier alpha value is -2.78. The van der Waals surface area contributed by atoms with Crippen LogP contribution in [0.2, 0.25) is 0 Å². The van der Waals surface area contributed by atoms with Gasteiger partial charge < -0.3 is 9.97 Å². The van der Waals surface area contributed by atoms with E-state index < -0.39 is 0 Å². The van der Waals surface area contributed by atoms with Crippen LogP contribution < -0.4 is 5.32 Å². The maximum Gasteiger partial charge on any atom is 0.237 e. The van der Waals surface area contributed by atoms with Crippen LogP contribution >= 0.6 is 23.5 Å². The Morgan fingerprint density at radius 2 is 1.22 bits per heavy atom. The summed E-state index contributed by atoms with van der Waals surface area (Å²) < 4.78 is 0. The quantitative estimate of drug-likeness (QED) is 0.432. The lowest BCUT2D eigenvalue weighted by Gasteiger charge is -2.02. The van der Waals surface area contributed by atoms with Crippen LogP contribution in [0.1, 0.15) is 0 Å². The summed E-state index contributed by atoms with van der Waals surface area (Å²) in [5, 5.41) is 3.68. The Morgan fingerprint density at radius 1 is 0.778 bits per heavy atom. The van der Waals surface area contributed by atoms with Crippen molar-refractivity contribution in [3.05, 3.63) is 48.5 Å². The normalized spacial score (nSPS) is 11.1. The number of H-pyrrole nitrogens is 2. The highest BCUT2D eigenvalue weighted by atomic mass is 32.2. The number of thioether (sulfide) groups is 2. The van der Waals surface area contributed by atoms with Gasteiger partial charge in [0.15, 0.2) is 10.3 Å². The Balaban J connectivity index is 1.25. The number of benzene rings is 2. The lowest BCUT2D eigenvalue weighted by atomic mass is 10.3. The minimum Gasteiger partial charge on any atom is -0.333 e. The van der Waals surface area contributed by atoms with E-state index >= 15 is 0 Å². The molecule has 2 aromatic heterocycles. The smallest absolute Gasteiger partial charge is 0.237 e. The summed E-state index contributed by atoms with van der Waals surface area (Å²) in [7, 11) is 0. The lowest BCUT2D eigenvalue weighted by molar-refractivity contribution is -0.127.